The van der Waals surface area contributed by atoms with Crippen molar-refractivity contribution in [2.75, 3.05) is 29.0 Å². The average Bonchev–Trinajstić information content (AvgIpc) is 3.28. The predicted molar refractivity (Wildman–Crippen MR) is 129 cm³/mol. The molecule has 10 heteroatoms. The second-order valence-corrected chi connectivity index (χ2v) is 10.1. The van der Waals surface area contributed by atoms with Crippen molar-refractivity contribution in [3.05, 3.63) is 59.1 Å². The number of amides is 2. The summed E-state index contributed by atoms with van der Waals surface area (Å²) < 4.78 is 31.8. The SMILES string of the molecule is CCC(C(=O)Nc1ccccc1C(=O)NCC1CCCO1)N(c1cccc(Cl)c1)S(C)(=O)=O. The van der Waals surface area contributed by atoms with Crippen LogP contribution in [0.5, 0.6) is 0 Å². The Labute approximate surface area is 199 Å². The number of hydrogen-bond acceptors (Lipinski definition) is 5. The zero-order chi connectivity index (χ0) is 24.0. The van der Waals surface area contributed by atoms with Crippen molar-refractivity contribution in [1.29, 1.82) is 0 Å². The first kappa shape index (κ1) is 25.0. The maximum atomic E-state index is 13.2. The number of para-hydroxylation sites is 1. The van der Waals surface area contributed by atoms with E-state index in [0.717, 1.165) is 23.4 Å². The van der Waals surface area contributed by atoms with Gasteiger partial charge in [0.2, 0.25) is 15.9 Å². The number of benzene rings is 2. The monoisotopic (exact) mass is 493 g/mol. The molecule has 2 amide bonds. The number of anilines is 2. The molecule has 1 aliphatic heterocycles. The zero-order valence-electron chi connectivity index (χ0n) is 18.6. The van der Waals surface area contributed by atoms with E-state index in [1.807, 2.05) is 0 Å². The van der Waals surface area contributed by atoms with Gasteiger partial charge >= 0.3 is 0 Å². The lowest BCUT2D eigenvalue weighted by Crippen LogP contribution is -2.47. The number of hydrogen-bond donors (Lipinski definition) is 2. The van der Waals surface area contributed by atoms with E-state index < -0.39 is 22.0 Å². The van der Waals surface area contributed by atoms with E-state index in [1.54, 1.807) is 49.4 Å². The van der Waals surface area contributed by atoms with E-state index in [4.69, 9.17) is 16.3 Å². The molecule has 178 valence electrons. The second kappa shape index (κ2) is 11.0. The Kier molecular flexibility index (Phi) is 8.34. The lowest BCUT2D eigenvalue weighted by Gasteiger charge is -2.30. The van der Waals surface area contributed by atoms with Crippen molar-refractivity contribution < 1.29 is 22.7 Å². The molecule has 0 bridgehead atoms. The van der Waals surface area contributed by atoms with Crippen molar-refractivity contribution in [3.8, 4) is 0 Å². The molecule has 1 saturated heterocycles. The first-order valence-electron chi connectivity index (χ1n) is 10.8. The quantitative estimate of drug-likeness (QED) is 0.556. The van der Waals surface area contributed by atoms with Gasteiger partial charge in [0.05, 0.1) is 29.3 Å². The zero-order valence-corrected chi connectivity index (χ0v) is 20.2. The molecule has 0 aliphatic carbocycles. The van der Waals surface area contributed by atoms with Gasteiger partial charge < -0.3 is 15.4 Å². The number of halogens is 1. The van der Waals surface area contributed by atoms with Gasteiger partial charge in [0, 0.05) is 18.2 Å². The molecule has 8 nitrogen and oxygen atoms in total. The molecule has 2 aromatic carbocycles. The van der Waals surface area contributed by atoms with Gasteiger partial charge in [0.15, 0.2) is 0 Å². The van der Waals surface area contributed by atoms with Crippen LogP contribution in [0.15, 0.2) is 48.5 Å². The standard InChI is InChI=1S/C23H28ClN3O5S/c1-3-21(27(33(2,30)31)17-9-6-8-16(24)14-17)23(29)26-20-12-5-4-11-19(20)22(28)25-15-18-10-7-13-32-18/h4-6,8-9,11-12,14,18,21H,3,7,10,13,15H2,1-2H3,(H,25,28)(H,26,29). The number of carbonyl (C=O) groups is 2. The van der Waals surface area contributed by atoms with Crippen molar-refractivity contribution in [3.63, 3.8) is 0 Å². The third-order valence-corrected chi connectivity index (χ3v) is 6.75. The fourth-order valence-corrected chi connectivity index (χ4v) is 5.17. The van der Waals surface area contributed by atoms with Gasteiger partial charge in [-0.05, 0) is 49.6 Å². The molecule has 2 N–H and O–H groups in total. The van der Waals surface area contributed by atoms with Crippen LogP contribution in [0.3, 0.4) is 0 Å². The van der Waals surface area contributed by atoms with Crippen LogP contribution < -0.4 is 14.9 Å². The highest BCUT2D eigenvalue weighted by atomic mass is 35.5. The van der Waals surface area contributed by atoms with Crippen LogP contribution in [0.2, 0.25) is 5.02 Å². The molecule has 0 spiro atoms. The van der Waals surface area contributed by atoms with Gasteiger partial charge in [0.25, 0.3) is 5.91 Å². The summed E-state index contributed by atoms with van der Waals surface area (Å²) in [6.45, 7) is 2.79. The summed E-state index contributed by atoms with van der Waals surface area (Å²) in [5.74, 6) is -0.897. The van der Waals surface area contributed by atoms with Crippen molar-refractivity contribution in [1.82, 2.24) is 5.32 Å². The summed E-state index contributed by atoms with van der Waals surface area (Å²) in [7, 11) is -3.81. The fourth-order valence-electron chi connectivity index (χ4n) is 3.79. The Balaban J connectivity index is 1.82. The first-order valence-corrected chi connectivity index (χ1v) is 13.0. The summed E-state index contributed by atoms with van der Waals surface area (Å²) >= 11 is 6.05. The van der Waals surface area contributed by atoms with Crippen LogP contribution >= 0.6 is 11.6 Å². The minimum Gasteiger partial charge on any atom is -0.376 e. The Morgan fingerprint density at radius 1 is 1.21 bits per heavy atom. The van der Waals surface area contributed by atoms with Gasteiger partial charge in [-0.25, -0.2) is 8.42 Å². The van der Waals surface area contributed by atoms with Crippen LogP contribution in [0.1, 0.15) is 36.5 Å². The van der Waals surface area contributed by atoms with Crippen molar-refractivity contribution in [2.24, 2.45) is 0 Å². The van der Waals surface area contributed by atoms with Crippen LogP contribution in [-0.2, 0) is 19.6 Å². The molecule has 1 fully saturated rings. The molecular formula is C23H28ClN3O5S. The molecule has 3 rings (SSSR count). The number of nitrogens with one attached hydrogen (secondary N) is 2. The highest BCUT2D eigenvalue weighted by Crippen LogP contribution is 2.26. The van der Waals surface area contributed by atoms with E-state index in [0.29, 0.717) is 23.9 Å². The molecule has 2 aromatic rings. The molecule has 1 heterocycles. The van der Waals surface area contributed by atoms with Gasteiger partial charge in [-0.2, -0.15) is 0 Å². The molecule has 2 atom stereocenters. The lowest BCUT2D eigenvalue weighted by atomic mass is 10.1. The second-order valence-electron chi connectivity index (χ2n) is 7.84. The van der Waals surface area contributed by atoms with Crippen LogP contribution in [0.25, 0.3) is 0 Å². The van der Waals surface area contributed by atoms with E-state index in [9.17, 15) is 18.0 Å². The van der Waals surface area contributed by atoms with Gasteiger partial charge in [0.1, 0.15) is 6.04 Å². The number of carbonyl (C=O) groups excluding carboxylic acids is 2. The summed E-state index contributed by atoms with van der Waals surface area (Å²) in [6, 6.07) is 11.9. The van der Waals surface area contributed by atoms with E-state index in [1.165, 1.54) is 6.07 Å². The fraction of sp³-hybridized carbons (Fsp3) is 0.391. The van der Waals surface area contributed by atoms with Crippen LogP contribution in [0.4, 0.5) is 11.4 Å². The van der Waals surface area contributed by atoms with E-state index in [-0.39, 0.29) is 29.7 Å². The Bertz CT molecular complexity index is 1100. The smallest absolute Gasteiger partial charge is 0.253 e. The maximum absolute atomic E-state index is 13.2. The number of ether oxygens (including phenoxy) is 1. The van der Waals surface area contributed by atoms with Gasteiger partial charge in [-0.15, -0.1) is 0 Å². The Morgan fingerprint density at radius 2 is 1.97 bits per heavy atom. The maximum Gasteiger partial charge on any atom is 0.253 e. The van der Waals surface area contributed by atoms with Crippen LogP contribution in [0, 0.1) is 0 Å². The average molecular weight is 494 g/mol. The van der Waals surface area contributed by atoms with Crippen molar-refractivity contribution in [2.45, 2.75) is 38.3 Å². The predicted octanol–water partition coefficient (Wildman–Crippen LogP) is 3.43. The molecular weight excluding hydrogens is 466 g/mol. The third-order valence-electron chi connectivity index (χ3n) is 5.34. The highest BCUT2D eigenvalue weighted by molar-refractivity contribution is 7.92. The minimum absolute atomic E-state index is 0.0128. The Morgan fingerprint density at radius 3 is 2.61 bits per heavy atom. The van der Waals surface area contributed by atoms with E-state index in [2.05, 4.69) is 10.6 Å². The Hall–Kier alpha value is -2.62. The molecule has 2 unspecified atom stereocenters. The van der Waals surface area contributed by atoms with Gasteiger partial charge in [-0.3, -0.25) is 13.9 Å². The molecule has 33 heavy (non-hydrogen) atoms. The molecule has 0 saturated carbocycles. The lowest BCUT2D eigenvalue weighted by molar-refractivity contribution is -0.117. The molecule has 1 aliphatic rings. The topological polar surface area (TPSA) is 105 Å². The van der Waals surface area contributed by atoms with Gasteiger partial charge in [-0.1, -0.05) is 36.7 Å². The van der Waals surface area contributed by atoms with Crippen molar-refractivity contribution >= 4 is 44.8 Å². The summed E-state index contributed by atoms with van der Waals surface area (Å²) in [5, 5.41) is 5.93. The van der Waals surface area contributed by atoms with E-state index >= 15 is 0 Å². The molecule has 0 radical (unpaired) electrons. The summed E-state index contributed by atoms with van der Waals surface area (Å²) in [5.41, 5.74) is 0.868. The minimum atomic E-state index is -3.81. The van der Waals surface area contributed by atoms with Crippen LogP contribution in [-0.4, -0.2) is 51.8 Å². The summed E-state index contributed by atoms with van der Waals surface area (Å²) in [4.78, 5) is 26.0. The molecule has 0 aromatic heterocycles. The normalized spacial score (nSPS) is 16.8. The highest BCUT2D eigenvalue weighted by Gasteiger charge is 2.32. The number of sulfonamides is 1. The number of nitrogens with zero attached hydrogens (tertiary/aromatic N) is 1. The summed E-state index contributed by atoms with van der Waals surface area (Å²) in [6.07, 6.45) is 3.09. The first-order chi connectivity index (χ1) is 15.7. The largest absolute Gasteiger partial charge is 0.376 e. The number of rotatable bonds is 9. The third kappa shape index (κ3) is 6.46.